The van der Waals surface area contributed by atoms with E-state index in [1.807, 2.05) is 0 Å². The summed E-state index contributed by atoms with van der Waals surface area (Å²) < 4.78 is 5.55. The number of ketones is 1. The Morgan fingerprint density at radius 3 is 2.26 bits per heavy atom. The molecule has 2 rings (SSSR count). The van der Waals surface area contributed by atoms with Crippen LogP contribution in [0, 0.1) is 6.92 Å². The summed E-state index contributed by atoms with van der Waals surface area (Å²) in [6, 6.07) is 10.1. The average molecular weight is 370 g/mol. The van der Waals surface area contributed by atoms with E-state index < -0.39 is 0 Å². The van der Waals surface area contributed by atoms with E-state index in [2.05, 4.69) is 48.3 Å². The Morgan fingerprint density at radius 2 is 1.70 bits per heavy atom. The van der Waals surface area contributed by atoms with Gasteiger partial charge in [-0.3, -0.25) is 14.5 Å². The lowest BCUT2D eigenvalue weighted by molar-refractivity contribution is -0.121. The summed E-state index contributed by atoms with van der Waals surface area (Å²) in [5.74, 6) is 1.24. The molecule has 0 aliphatic heterocycles. The van der Waals surface area contributed by atoms with Crippen molar-refractivity contribution in [1.82, 2.24) is 10.2 Å². The number of hydrogen-bond donors (Lipinski definition) is 1. The Hall–Kier alpha value is -2.40. The maximum Gasteiger partial charge on any atom is 0.220 e. The lowest BCUT2D eigenvalue weighted by Gasteiger charge is -2.18. The summed E-state index contributed by atoms with van der Waals surface area (Å²) >= 11 is 0. The first-order chi connectivity index (χ1) is 12.9. The number of carbonyl (C=O) groups excluding carboxylic acids is 2. The van der Waals surface area contributed by atoms with Crippen LogP contribution < -0.4 is 5.32 Å². The molecule has 1 heterocycles. The molecule has 2 aromatic rings. The van der Waals surface area contributed by atoms with Crippen LogP contribution in [-0.2, 0) is 24.3 Å². The maximum absolute atomic E-state index is 12.1. The predicted molar refractivity (Wildman–Crippen MR) is 107 cm³/mol. The van der Waals surface area contributed by atoms with E-state index in [0.717, 1.165) is 25.2 Å². The van der Waals surface area contributed by atoms with Gasteiger partial charge in [0.15, 0.2) is 5.78 Å². The summed E-state index contributed by atoms with van der Waals surface area (Å²) in [4.78, 5) is 25.9. The van der Waals surface area contributed by atoms with Crippen LogP contribution in [0.5, 0.6) is 0 Å². The molecule has 1 aromatic carbocycles. The molecule has 0 saturated heterocycles. The van der Waals surface area contributed by atoms with Crippen LogP contribution in [0.1, 0.15) is 60.2 Å². The van der Waals surface area contributed by atoms with E-state index >= 15 is 0 Å². The summed E-state index contributed by atoms with van der Waals surface area (Å²) in [5, 5.41) is 2.94. The minimum Gasteiger partial charge on any atom is -0.466 e. The molecule has 0 saturated carbocycles. The molecular weight excluding hydrogens is 340 g/mol. The zero-order valence-corrected chi connectivity index (χ0v) is 16.8. The van der Waals surface area contributed by atoms with Gasteiger partial charge in [0.25, 0.3) is 0 Å². The molecule has 0 fully saturated rings. The highest BCUT2D eigenvalue weighted by Gasteiger charge is 2.12. The third kappa shape index (κ3) is 6.36. The summed E-state index contributed by atoms with van der Waals surface area (Å²) in [6.07, 6.45) is 0.826. The number of hydrogen-bond acceptors (Lipinski definition) is 4. The molecular formula is C22H30N2O3. The van der Waals surface area contributed by atoms with Crippen molar-refractivity contribution >= 4 is 11.7 Å². The number of carbonyl (C=O) groups is 2. The maximum atomic E-state index is 12.1. The number of rotatable bonds is 10. The molecule has 0 atom stereocenters. The topological polar surface area (TPSA) is 62.6 Å². The molecule has 1 amide bonds. The van der Waals surface area contributed by atoms with Gasteiger partial charge in [-0.05, 0) is 44.1 Å². The molecule has 0 radical (unpaired) electrons. The molecule has 27 heavy (non-hydrogen) atoms. The van der Waals surface area contributed by atoms with Crippen LogP contribution in [-0.4, -0.2) is 29.7 Å². The number of aryl methyl sites for hydroxylation is 2. The Morgan fingerprint density at radius 1 is 1.07 bits per heavy atom. The number of nitrogens with zero attached hydrogens (tertiary/aromatic N) is 1. The molecule has 1 N–H and O–H groups in total. The normalized spacial score (nSPS) is 11.0. The second kappa shape index (κ2) is 10.1. The highest BCUT2D eigenvalue weighted by molar-refractivity contribution is 5.95. The zero-order chi connectivity index (χ0) is 19.8. The Balaban J connectivity index is 1.78. The van der Waals surface area contributed by atoms with Crippen LogP contribution in [0.3, 0.4) is 0 Å². The van der Waals surface area contributed by atoms with Gasteiger partial charge < -0.3 is 9.73 Å². The second-order valence-corrected chi connectivity index (χ2v) is 6.79. The first-order valence-electron chi connectivity index (χ1n) is 9.60. The third-order valence-corrected chi connectivity index (χ3v) is 4.76. The molecule has 0 aliphatic rings. The van der Waals surface area contributed by atoms with Gasteiger partial charge in [-0.1, -0.05) is 38.1 Å². The Bertz CT molecular complexity index is 758. The van der Waals surface area contributed by atoms with Crippen LogP contribution in [0.4, 0.5) is 0 Å². The van der Waals surface area contributed by atoms with Crippen molar-refractivity contribution in [3.8, 4) is 0 Å². The van der Waals surface area contributed by atoms with Crippen molar-refractivity contribution < 1.29 is 14.0 Å². The van der Waals surface area contributed by atoms with Gasteiger partial charge in [-0.2, -0.15) is 0 Å². The van der Waals surface area contributed by atoms with Crippen molar-refractivity contribution in [2.45, 2.75) is 53.6 Å². The van der Waals surface area contributed by atoms with E-state index in [-0.39, 0.29) is 11.7 Å². The molecule has 0 bridgehead atoms. The largest absolute Gasteiger partial charge is 0.466 e. The van der Waals surface area contributed by atoms with Crippen LogP contribution in [0.25, 0.3) is 0 Å². The lowest BCUT2D eigenvalue weighted by atomic mass is 10.1. The monoisotopic (exact) mass is 370 g/mol. The first kappa shape index (κ1) is 20.9. The van der Waals surface area contributed by atoms with Crippen molar-refractivity contribution in [2.75, 3.05) is 13.1 Å². The molecule has 0 spiro atoms. The Labute approximate surface area is 161 Å². The SMILES string of the molecule is CCN(CC)Cc1ccc(CNC(=O)CCc2cc(C(C)=O)c(C)o2)cc1. The highest BCUT2D eigenvalue weighted by Crippen LogP contribution is 2.16. The minimum atomic E-state index is -0.0272. The smallest absolute Gasteiger partial charge is 0.220 e. The van der Waals surface area contributed by atoms with Crippen LogP contribution in [0.15, 0.2) is 34.7 Å². The molecule has 5 nitrogen and oxygen atoms in total. The quantitative estimate of drug-likeness (QED) is 0.645. The van der Waals surface area contributed by atoms with Crippen molar-refractivity contribution in [3.05, 3.63) is 58.5 Å². The first-order valence-corrected chi connectivity index (χ1v) is 9.60. The van der Waals surface area contributed by atoms with Gasteiger partial charge in [0.2, 0.25) is 5.91 Å². The summed E-state index contributed by atoms with van der Waals surface area (Å²) in [5.41, 5.74) is 2.96. The van der Waals surface area contributed by atoms with Gasteiger partial charge >= 0.3 is 0 Å². The number of nitrogens with one attached hydrogen (secondary N) is 1. The molecule has 0 aliphatic carbocycles. The Kier molecular flexibility index (Phi) is 7.80. The van der Waals surface area contributed by atoms with Crippen molar-refractivity contribution in [1.29, 1.82) is 0 Å². The fourth-order valence-electron chi connectivity index (χ4n) is 3.01. The van der Waals surface area contributed by atoms with Crippen molar-refractivity contribution in [3.63, 3.8) is 0 Å². The number of furan rings is 1. The van der Waals surface area contributed by atoms with E-state index in [1.54, 1.807) is 13.0 Å². The minimum absolute atomic E-state index is 0.0172. The van der Waals surface area contributed by atoms with Gasteiger partial charge in [0, 0.05) is 25.9 Å². The van der Waals surface area contributed by atoms with Gasteiger partial charge in [-0.25, -0.2) is 0 Å². The van der Waals surface area contributed by atoms with Crippen LogP contribution >= 0.6 is 0 Å². The molecule has 0 unspecified atom stereocenters. The van der Waals surface area contributed by atoms with Gasteiger partial charge in [-0.15, -0.1) is 0 Å². The molecule has 146 valence electrons. The highest BCUT2D eigenvalue weighted by atomic mass is 16.3. The van der Waals surface area contributed by atoms with E-state index in [0.29, 0.717) is 36.5 Å². The van der Waals surface area contributed by atoms with E-state index in [9.17, 15) is 9.59 Å². The van der Waals surface area contributed by atoms with E-state index in [4.69, 9.17) is 4.42 Å². The number of Topliss-reactive ketones (excluding diaryl/α,β-unsaturated/α-hetero) is 1. The fourth-order valence-corrected chi connectivity index (χ4v) is 3.01. The summed E-state index contributed by atoms with van der Waals surface area (Å²) in [7, 11) is 0. The fraction of sp³-hybridized carbons (Fsp3) is 0.455. The second-order valence-electron chi connectivity index (χ2n) is 6.79. The number of benzene rings is 1. The average Bonchev–Trinajstić information content (AvgIpc) is 3.04. The summed E-state index contributed by atoms with van der Waals surface area (Å²) in [6.45, 7) is 11.2. The van der Waals surface area contributed by atoms with Crippen LogP contribution in [0.2, 0.25) is 0 Å². The van der Waals surface area contributed by atoms with Crippen molar-refractivity contribution in [2.24, 2.45) is 0 Å². The van der Waals surface area contributed by atoms with Gasteiger partial charge in [0.1, 0.15) is 11.5 Å². The lowest BCUT2D eigenvalue weighted by Crippen LogP contribution is -2.23. The van der Waals surface area contributed by atoms with Gasteiger partial charge in [0.05, 0.1) is 5.56 Å². The predicted octanol–water partition coefficient (Wildman–Crippen LogP) is 3.88. The molecule has 5 heteroatoms. The van der Waals surface area contributed by atoms with E-state index in [1.165, 1.54) is 12.5 Å². The zero-order valence-electron chi connectivity index (χ0n) is 16.8. The molecule has 1 aromatic heterocycles. The third-order valence-electron chi connectivity index (χ3n) is 4.76. The number of amides is 1. The standard InChI is InChI=1S/C22H30N2O3/c1-5-24(6-2)15-19-9-7-18(8-10-19)14-23-22(26)12-11-20-13-21(16(3)25)17(4)27-20/h7-10,13H,5-6,11-12,14-15H2,1-4H3,(H,23,26).